The molecule has 94 valence electrons. The van der Waals surface area contributed by atoms with Crippen LogP contribution in [0.2, 0.25) is 5.02 Å². The Balaban J connectivity index is 2.35. The van der Waals surface area contributed by atoms with E-state index >= 15 is 0 Å². The molecule has 2 aromatic rings. The average molecular weight is 261 g/mol. The van der Waals surface area contributed by atoms with E-state index in [4.69, 9.17) is 17.4 Å². The van der Waals surface area contributed by atoms with Gasteiger partial charge >= 0.3 is 0 Å². The van der Waals surface area contributed by atoms with Gasteiger partial charge in [-0.05, 0) is 35.2 Å². The predicted molar refractivity (Wildman–Crippen MR) is 76.4 cm³/mol. The smallest absolute Gasteiger partial charge is 0.0710 e. The zero-order valence-corrected chi connectivity index (χ0v) is 11.1. The molecule has 0 radical (unpaired) electrons. The molecule has 2 rings (SSSR count). The van der Waals surface area contributed by atoms with Gasteiger partial charge in [0, 0.05) is 5.02 Å². The van der Waals surface area contributed by atoms with E-state index in [-0.39, 0.29) is 6.04 Å². The number of rotatable bonds is 4. The number of hydrogen-bond donors (Lipinski definition) is 2. The number of benzene rings is 2. The van der Waals surface area contributed by atoms with Gasteiger partial charge in [-0.2, -0.15) is 0 Å². The molecular formula is C15H17ClN2. The molecule has 0 bridgehead atoms. The lowest BCUT2D eigenvalue weighted by Gasteiger charge is -2.17. The van der Waals surface area contributed by atoms with Crippen LogP contribution in [0.25, 0.3) is 0 Å². The molecule has 0 aliphatic carbocycles. The molecule has 0 saturated heterocycles. The fourth-order valence-corrected chi connectivity index (χ4v) is 2.16. The Bertz CT molecular complexity index is 508. The molecule has 0 heterocycles. The Kier molecular flexibility index (Phi) is 4.37. The third kappa shape index (κ3) is 2.91. The van der Waals surface area contributed by atoms with Gasteiger partial charge in [-0.25, -0.2) is 5.43 Å². The van der Waals surface area contributed by atoms with Crippen LogP contribution in [0.5, 0.6) is 0 Å². The normalized spacial score (nSPS) is 12.4. The van der Waals surface area contributed by atoms with Crippen molar-refractivity contribution < 1.29 is 0 Å². The van der Waals surface area contributed by atoms with E-state index in [1.165, 1.54) is 11.1 Å². The van der Waals surface area contributed by atoms with Gasteiger partial charge in [0.05, 0.1) is 6.04 Å². The SMILES string of the molecule is CCc1cccc(C(NN)c2ccc(Cl)cc2)c1. The minimum atomic E-state index is -0.00577. The summed E-state index contributed by atoms with van der Waals surface area (Å²) in [7, 11) is 0. The highest BCUT2D eigenvalue weighted by molar-refractivity contribution is 6.30. The molecule has 0 aromatic heterocycles. The zero-order valence-electron chi connectivity index (χ0n) is 10.4. The minimum absolute atomic E-state index is 0.00577. The summed E-state index contributed by atoms with van der Waals surface area (Å²) < 4.78 is 0. The third-order valence-corrected chi connectivity index (χ3v) is 3.31. The molecule has 0 amide bonds. The van der Waals surface area contributed by atoms with Crippen molar-refractivity contribution in [3.8, 4) is 0 Å². The third-order valence-electron chi connectivity index (χ3n) is 3.06. The lowest BCUT2D eigenvalue weighted by molar-refractivity contribution is 0.636. The molecule has 18 heavy (non-hydrogen) atoms. The lowest BCUT2D eigenvalue weighted by atomic mass is 9.97. The Morgan fingerprint density at radius 3 is 2.44 bits per heavy atom. The minimum Gasteiger partial charge on any atom is -0.271 e. The highest BCUT2D eigenvalue weighted by Gasteiger charge is 2.12. The van der Waals surface area contributed by atoms with E-state index in [2.05, 4.69) is 36.6 Å². The van der Waals surface area contributed by atoms with Crippen LogP contribution in [0, 0.1) is 0 Å². The molecule has 3 N–H and O–H groups in total. The largest absolute Gasteiger partial charge is 0.271 e. The molecule has 2 nitrogen and oxygen atoms in total. The van der Waals surface area contributed by atoms with Crippen molar-refractivity contribution in [1.29, 1.82) is 0 Å². The number of nitrogens with one attached hydrogen (secondary N) is 1. The Labute approximate surface area is 113 Å². The molecule has 3 heteroatoms. The summed E-state index contributed by atoms with van der Waals surface area (Å²) in [5.41, 5.74) is 6.44. The van der Waals surface area contributed by atoms with Crippen molar-refractivity contribution in [2.75, 3.05) is 0 Å². The first-order valence-corrected chi connectivity index (χ1v) is 6.43. The Morgan fingerprint density at radius 2 is 1.83 bits per heavy atom. The van der Waals surface area contributed by atoms with Gasteiger partial charge in [0.1, 0.15) is 0 Å². The second kappa shape index (κ2) is 6.01. The molecule has 1 atom stereocenters. The summed E-state index contributed by atoms with van der Waals surface area (Å²) in [5, 5.41) is 0.733. The summed E-state index contributed by atoms with van der Waals surface area (Å²) in [6.07, 6.45) is 1.02. The van der Waals surface area contributed by atoms with Crippen molar-refractivity contribution in [3.63, 3.8) is 0 Å². The van der Waals surface area contributed by atoms with Crippen LogP contribution in [0.15, 0.2) is 48.5 Å². The van der Waals surface area contributed by atoms with E-state index in [0.29, 0.717) is 0 Å². The monoisotopic (exact) mass is 260 g/mol. The van der Waals surface area contributed by atoms with Gasteiger partial charge in [0.25, 0.3) is 0 Å². The van der Waals surface area contributed by atoms with Crippen LogP contribution in [0.1, 0.15) is 29.7 Å². The highest BCUT2D eigenvalue weighted by Crippen LogP contribution is 2.23. The van der Waals surface area contributed by atoms with E-state index in [0.717, 1.165) is 17.0 Å². The van der Waals surface area contributed by atoms with Gasteiger partial charge < -0.3 is 0 Å². The molecule has 0 aliphatic heterocycles. The van der Waals surface area contributed by atoms with E-state index in [1.54, 1.807) is 0 Å². The quantitative estimate of drug-likeness (QED) is 0.653. The van der Waals surface area contributed by atoms with Crippen LogP contribution < -0.4 is 11.3 Å². The van der Waals surface area contributed by atoms with E-state index in [9.17, 15) is 0 Å². The number of aryl methyl sites for hydroxylation is 1. The topological polar surface area (TPSA) is 38.0 Å². The molecule has 0 spiro atoms. The van der Waals surface area contributed by atoms with Gasteiger partial charge in [0.15, 0.2) is 0 Å². The summed E-state index contributed by atoms with van der Waals surface area (Å²) in [5.74, 6) is 5.68. The molecule has 1 unspecified atom stereocenters. The van der Waals surface area contributed by atoms with Gasteiger partial charge in [-0.3, -0.25) is 5.84 Å². The van der Waals surface area contributed by atoms with Crippen molar-refractivity contribution >= 4 is 11.6 Å². The first kappa shape index (κ1) is 13.1. The summed E-state index contributed by atoms with van der Waals surface area (Å²) in [6.45, 7) is 2.15. The first-order chi connectivity index (χ1) is 8.74. The molecule has 0 fully saturated rings. The standard InChI is InChI=1S/C15H17ClN2/c1-2-11-4-3-5-13(10-11)15(18-17)12-6-8-14(16)9-7-12/h3-10,15,18H,2,17H2,1H3. The maximum atomic E-state index is 5.90. The number of halogens is 1. The van der Waals surface area contributed by atoms with Crippen molar-refractivity contribution in [3.05, 3.63) is 70.2 Å². The van der Waals surface area contributed by atoms with Crippen molar-refractivity contribution in [2.45, 2.75) is 19.4 Å². The number of hydrogen-bond acceptors (Lipinski definition) is 2. The Hall–Kier alpha value is -1.35. The molecule has 2 aromatic carbocycles. The lowest BCUT2D eigenvalue weighted by Crippen LogP contribution is -2.28. The summed E-state index contributed by atoms with van der Waals surface area (Å²) in [6, 6.07) is 16.2. The van der Waals surface area contributed by atoms with Gasteiger partial charge in [-0.15, -0.1) is 0 Å². The molecule has 0 aliphatic rings. The van der Waals surface area contributed by atoms with Crippen molar-refractivity contribution in [1.82, 2.24) is 5.43 Å². The van der Waals surface area contributed by atoms with Crippen LogP contribution in [-0.2, 0) is 6.42 Å². The fourth-order valence-electron chi connectivity index (χ4n) is 2.03. The highest BCUT2D eigenvalue weighted by atomic mass is 35.5. The Morgan fingerprint density at radius 1 is 1.11 bits per heavy atom. The molecule has 0 saturated carbocycles. The van der Waals surface area contributed by atoms with E-state index in [1.807, 2.05) is 24.3 Å². The number of nitrogens with two attached hydrogens (primary N) is 1. The van der Waals surface area contributed by atoms with Crippen LogP contribution in [0.3, 0.4) is 0 Å². The van der Waals surface area contributed by atoms with Gasteiger partial charge in [0.2, 0.25) is 0 Å². The van der Waals surface area contributed by atoms with Crippen molar-refractivity contribution in [2.24, 2.45) is 5.84 Å². The first-order valence-electron chi connectivity index (χ1n) is 6.05. The summed E-state index contributed by atoms with van der Waals surface area (Å²) >= 11 is 5.90. The number of hydrazine groups is 1. The van der Waals surface area contributed by atoms with Crippen LogP contribution >= 0.6 is 11.6 Å². The van der Waals surface area contributed by atoms with E-state index < -0.39 is 0 Å². The average Bonchev–Trinajstić information content (AvgIpc) is 2.42. The second-order valence-corrected chi connectivity index (χ2v) is 4.69. The predicted octanol–water partition coefficient (Wildman–Crippen LogP) is 3.46. The van der Waals surface area contributed by atoms with Crippen LogP contribution in [0.4, 0.5) is 0 Å². The maximum absolute atomic E-state index is 5.90. The maximum Gasteiger partial charge on any atom is 0.0710 e. The second-order valence-electron chi connectivity index (χ2n) is 4.25. The fraction of sp³-hybridized carbons (Fsp3) is 0.200. The van der Waals surface area contributed by atoms with Crippen LogP contribution in [-0.4, -0.2) is 0 Å². The summed E-state index contributed by atoms with van der Waals surface area (Å²) in [4.78, 5) is 0. The van der Waals surface area contributed by atoms with Gasteiger partial charge in [-0.1, -0.05) is 54.9 Å². The zero-order chi connectivity index (χ0) is 13.0. The molecular weight excluding hydrogens is 244 g/mol.